The van der Waals surface area contributed by atoms with Crippen LogP contribution in [0.2, 0.25) is 0 Å². The Morgan fingerprint density at radius 2 is 2.31 bits per heavy atom. The maximum Gasteiger partial charge on any atom is 0.00103 e. The molecule has 0 aliphatic carbocycles. The molecule has 13 heavy (non-hydrogen) atoms. The Kier molecular flexibility index (Phi) is 5.40. The third-order valence-corrected chi connectivity index (χ3v) is 2.74. The van der Waals surface area contributed by atoms with E-state index >= 15 is 0 Å². The predicted octanol–water partition coefficient (Wildman–Crippen LogP) is 1.76. The Hall–Kier alpha value is -0.0800. The molecular formula is C11H24N2. The molecule has 0 amide bonds. The van der Waals surface area contributed by atoms with E-state index in [1.807, 2.05) is 0 Å². The van der Waals surface area contributed by atoms with Gasteiger partial charge in [0.15, 0.2) is 0 Å². The van der Waals surface area contributed by atoms with Crippen molar-refractivity contribution in [2.75, 3.05) is 19.6 Å². The van der Waals surface area contributed by atoms with Gasteiger partial charge in [0, 0.05) is 6.04 Å². The van der Waals surface area contributed by atoms with Gasteiger partial charge < -0.3 is 10.6 Å². The molecule has 0 aromatic rings. The maximum absolute atomic E-state index is 3.46. The average molecular weight is 184 g/mol. The molecule has 2 heteroatoms. The van der Waals surface area contributed by atoms with Crippen molar-refractivity contribution in [1.82, 2.24) is 10.6 Å². The van der Waals surface area contributed by atoms with E-state index in [-0.39, 0.29) is 0 Å². The Morgan fingerprint density at radius 3 is 2.92 bits per heavy atom. The molecule has 0 bridgehead atoms. The summed E-state index contributed by atoms with van der Waals surface area (Å²) in [5.74, 6) is 0.947. The second-order valence-corrected chi connectivity index (χ2v) is 4.46. The Morgan fingerprint density at radius 1 is 1.46 bits per heavy atom. The van der Waals surface area contributed by atoms with E-state index in [1.165, 1.54) is 45.3 Å². The van der Waals surface area contributed by atoms with Crippen LogP contribution in [0.4, 0.5) is 0 Å². The van der Waals surface area contributed by atoms with E-state index in [4.69, 9.17) is 0 Å². The zero-order chi connectivity index (χ0) is 9.52. The maximum atomic E-state index is 3.46. The van der Waals surface area contributed by atoms with Gasteiger partial charge in [-0.25, -0.2) is 0 Å². The van der Waals surface area contributed by atoms with Crippen LogP contribution < -0.4 is 10.6 Å². The molecule has 1 heterocycles. The standard InChI is InChI=1S/C11H24N2/c1-10(2)13-8-4-6-11-5-3-7-12-9-11/h10-13H,3-9H2,1-2H3. The molecule has 1 aliphatic heterocycles. The summed E-state index contributed by atoms with van der Waals surface area (Å²) in [6.45, 7) is 8.10. The summed E-state index contributed by atoms with van der Waals surface area (Å²) in [4.78, 5) is 0. The molecule has 0 spiro atoms. The molecule has 1 unspecified atom stereocenters. The first-order chi connectivity index (χ1) is 6.29. The molecular weight excluding hydrogens is 160 g/mol. The lowest BCUT2D eigenvalue weighted by Gasteiger charge is -2.22. The van der Waals surface area contributed by atoms with Gasteiger partial charge in [-0.05, 0) is 51.2 Å². The fourth-order valence-corrected chi connectivity index (χ4v) is 1.95. The Balaban J connectivity index is 1.92. The molecule has 0 aromatic carbocycles. The highest BCUT2D eigenvalue weighted by Gasteiger charge is 2.11. The van der Waals surface area contributed by atoms with Gasteiger partial charge in [0.05, 0.1) is 0 Å². The summed E-state index contributed by atoms with van der Waals surface area (Å²) in [6.07, 6.45) is 5.55. The van der Waals surface area contributed by atoms with Gasteiger partial charge in [0.25, 0.3) is 0 Å². The number of piperidine rings is 1. The minimum Gasteiger partial charge on any atom is -0.316 e. The Bertz CT molecular complexity index is 117. The first-order valence-electron chi connectivity index (χ1n) is 5.73. The summed E-state index contributed by atoms with van der Waals surface area (Å²) in [7, 11) is 0. The van der Waals surface area contributed by atoms with Crippen molar-refractivity contribution in [1.29, 1.82) is 0 Å². The third kappa shape index (κ3) is 5.27. The van der Waals surface area contributed by atoms with E-state index in [0.717, 1.165) is 5.92 Å². The minimum absolute atomic E-state index is 0.643. The van der Waals surface area contributed by atoms with E-state index < -0.39 is 0 Å². The summed E-state index contributed by atoms with van der Waals surface area (Å²) in [5.41, 5.74) is 0. The summed E-state index contributed by atoms with van der Waals surface area (Å²) in [5, 5.41) is 6.93. The average Bonchev–Trinajstić information content (AvgIpc) is 2.14. The lowest BCUT2D eigenvalue weighted by Crippen LogP contribution is -2.30. The topological polar surface area (TPSA) is 24.1 Å². The highest BCUT2D eigenvalue weighted by atomic mass is 14.9. The van der Waals surface area contributed by atoms with Gasteiger partial charge >= 0.3 is 0 Å². The summed E-state index contributed by atoms with van der Waals surface area (Å²) < 4.78 is 0. The van der Waals surface area contributed by atoms with Crippen LogP contribution in [-0.2, 0) is 0 Å². The van der Waals surface area contributed by atoms with Crippen LogP contribution in [0.15, 0.2) is 0 Å². The predicted molar refractivity (Wildman–Crippen MR) is 58.0 cm³/mol. The van der Waals surface area contributed by atoms with E-state index in [1.54, 1.807) is 0 Å². The summed E-state index contributed by atoms with van der Waals surface area (Å²) >= 11 is 0. The summed E-state index contributed by atoms with van der Waals surface area (Å²) in [6, 6.07) is 0.643. The molecule has 2 nitrogen and oxygen atoms in total. The van der Waals surface area contributed by atoms with Crippen LogP contribution in [0.3, 0.4) is 0 Å². The SMILES string of the molecule is CC(C)NCCCC1CCCNC1. The van der Waals surface area contributed by atoms with Crippen molar-refractivity contribution < 1.29 is 0 Å². The second-order valence-electron chi connectivity index (χ2n) is 4.46. The molecule has 78 valence electrons. The molecule has 1 aliphatic rings. The number of hydrogen-bond acceptors (Lipinski definition) is 2. The van der Waals surface area contributed by atoms with Gasteiger partial charge in [0.2, 0.25) is 0 Å². The fraction of sp³-hybridized carbons (Fsp3) is 1.00. The molecule has 1 atom stereocenters. The van der Waals surface area contributed by atoms with Crippen LogP contribution >= 0.6 is 0 Å². The van der Waals surface area contributed by atoms with Crippen molar-refractivity contribution in [2.45, 2.75) is 45.6 Å². The van der Waals surface area contributed by atoms with Crippen LogP contribution in [0.1, 0.15) is 39.5 Å². The monoisotopic (exact) mass is 184 g/mol. The van der Waals surface area contributed by atoms with Gasteiger partial charge in [-0.2, -0.15) is 0 Å². The zero-order valence-electron chi connectivity index (χ0n) is 9.10. The largest absolute Gasteiger partial charge is 0.316 e. The van der Waals surface area contributed by atoms with Crippen LogP contribution in [0.5, 0.6) is 0 Å². The van der Waals surface area contributed by atoms with Gasteiger partial charge in [-0.3, -0.25) is 0 Å². The number of hydrogen-bond donors (Lipinski definition) is 2. The van der Waals surface area contributed by atoms with Crippen LogP contribution in [0.25, 0.3) is 0 Å². The number of nitrogens with one attached hydrogen (secondary N) is 2. The highest BCUT2D eigenvalue weighted by molar-refractivity contribution is 4.69. The van der Waals surface area contributed by atoms with Crippen molar-refractivity contribution in [3.05, 3.63) is 0 Å². The van der Waals surface area contributed by atoms with E-state index in [0.29, 0.717) is 6.04 Å². The lowest BCUT2D eigenvalue weighted by molar-refractivity contribution is 0.346. The van der Waals surface area contributed by atoms with E-state index in [2.05, 4.69) is 24.5 Å². The van der Waals surface area contributed by atoms with Crippen molar-refractivity contribution in [3.63, 3.8) is 0 Å². The van der Waals surface area contributed by atoms with Crippen LogP contribution in [-0.4, -0.2) is 25.7 Å². The first kappa shape index (κ1) is 11.0. The smallest absolute Gasteiger partial charge is 0.00103 e. The molecule has 1 saturated heterocycles. The molecule has 0 saturated carbocycles. The fourth-order valence-electron chi connectivity index (χ4n) is 1.95. The van der Waals surface area contributed by atoms with Gasteiger partial charge in [0.1, 0.15) is 0 Å². The Labute approximate surface area is 82.5 Å². The molecule has 1 fully saturated rings. The van der Waals surface area contributed by atoms with Crippen molar-refractivity contribution in [2.24, 2.45) is 5.92 Å². The molecule has 2 N–H and O–H groups in total. The number of rotatable bonds is 5. The molecule has 1 rings (SSSR count). The quantitative estimate of drug-likeness (QED) is 0.636. The lowest BCUT2D eigenvalue weighted by atomic mass is 9.95. The normalized spacial score (nSPS) is 23.8. The molecule has 0 radical (unpaired) electrons. The van der Waals surface area contributed by atoms with Crippen LogP contribution in [0, 0.1) is 5.92 Å². The highest BCUT2D eigenvalue weighted by Crippen LogP contribution is 2.15. The zero-order valence-corrected chi connectivity index (χ0v) is 9.10. The van der Waals surface area contributed by atoms with Crippen molar-refractivity contribution >= 4 is 0 Å². The van der Waals surface area contributed by atoms with Gasteiger partial charge in [-0.15, -0.1) is 0 Å². The van der Waals surface area contributed by atoms with E-state index in [9.17, 15) is 0 Å². The molecule has 0 aromatic heterocycles. The minimum atomic E-state index is 0.643. The van der Waals surface area contributed by atoms with Gasteiger partial charge in [-0.1, -0.05) is 13.8 Å². The second kappa shape index (κ2) is 6.39. The first-order valence-corrected chi connectivity index (χ1v) is 5.73. The third-order valence-electron chi connectivity index (χ3n) is 2.74. The van der Waals surface area contributed by atoms with Crippen molar-refractivity contribution in [3.8, 4) is 0 Å².